The van der Waals surface area contributed by atoms with Crippen LogP contribution in [0.15, 0.2) is 47.6 Å². The molecule has 2 aromatic rings. The summed E-state index contributed by atoms with van der Waals surface area (Å²) in [6.07, 6.45) is -3.16. The van der Waals surface area contributed by atoms with E-state index < -0.39 is 11.7 Å². The van der Waals surface area contributed by atoms with Crippen molar-refractivity contribution in [1.29, 1.82) is 0 Å². The highest BCUT2D eigenvalue weighted by atomic mass is 127. The number of anilines is 1. The van der Waals surface area contributed by atoms with Gasteiger partial charge in [0.15, 0.2) is 5.96 Å². The first-order chi connectivity index (χ1) is 12.4. The molecule has 0 atom stereocenters. The van der Waals surface area contributed by atoms with Crippen molar-refractivity contribution in [3.63, 3.8) is 0 Å². The maximum absolute atomic E-state index is 12.9. The lowest BCUT2D eigenvalue weighted by molar-refractivity contribution is -0.137. The third-order valence-corrected chi connectivity index (χ3v) is 3.42. The first-order valence-electron chi connectivity index (χ1n) is 7.85. The van der Waals surface area contributed by atoms with Gasteiger partial charge in [0, 0.05) is 32.9 Å². The van der Waals surface area contributed by atoms with E-state index in [0.717, 1.165) is 11.6 Å². The highest BCUT2D eigenvalue weighted by Gasteiger charge is 2.33. The molecule has 0 saturated heterocycles. The summed E-state index contributed by atoms with van der Waals surface area (Å²) in [6.45, 7) is 0.986. The molecule has 0 fully saturated rings. The first-order valence-corrected chi connectivity index (χ1v) is 7.85. The summed E-state index contributed by atoms with van der Waals surface area (Å²) in [4.78, 5) is 7.75. The molecule has 3 N–H and O–H groups in total. The molecule has 0 bridgehead atoms. The number of nitrogens with one attached hydrogen (secondary N) is 3. The van der Waals surface area contributed by atoms with Gasteiger partial charge < -0.3 is 16.0 Å². The van der Waals surface area contributed by atoms with Crippen molar-refractivity contribution in [1.82, 2.24) is 15.6 Å². The zero-order valence-corrected chi connectivity index (χ0v) is 16.8. The van der Waals surface area contributed by atoms with E-state index in [1.54, 1.807) is 19.2 Å². The van der Waals surface area contributed by atoms with Gasteiger partial charge in [0.2, 0.25) is 0 Å². The van der Waals surface area contributed by atoms with Crippen LogP contribution in [0.3, 0.4) is 0 Å². The molecule has 5 nitrogen and oxygen atoms in total. The second kappa shape index (κ2) is 10.9. The summed E-state index contributed by atoms with van der Waals surface area (Å²) in [7, 11) is 1.58. The normalized spacial score (nSPS) is 11.5. The van der Waals surface area contributed by atoms with Crippen LogP contribution in [0, 0.1) is 5.82 Å². The average Bonchev–Trinajstić information content (AvgIpc) is 2.62. The van der Waals surface area contributed by atoms with E-state index in [-0.39, 0.29) is 42.2 Å². The zero-order chi connectivity index (χ0) is 19.0. The van der Waals surface area contributed by atoms with E-state index in [1.165, 1.54) is 24.4 Å². The molecule has 0 spiro atoms. The molecule has 0 aliphatic carbocycles. The number of alkyl halides is 3. The van der Waals surface area contributed by atoms with E-state index in [2.05, 4.69) is 25.9 Å². The number of aromatic nitrogens is 1. The predicted octanol–water partition coefficient (Wildman–Crippen LogP) is 3.63. The molecule has 1 aromatic carbocycles. The number of hydrogen-bond acceptors (Lipinski definition) is 3. The minimum atomic E-state index is -4.46. The maximum atomic E-state index is 12.9. The number of pyridine rings is 1. The van der Waals surface area contributed by atoms with Gasteiger partial charge in [-0.3, -0.25) is 4.99 Å². The molecule has 148 valence electrons. The van der Waals surface area contributed by atoms with Crippen molar-refractivity contribution in [2.24, 2.45) is 4.99 Å². The number of aliphatic imine (C=N–C) groups is 1. The van der Waals surface area contributed by atoms with E-state index in [9.17, 15) is 17.6 Å². The minimum Gasteiger partial charge on any atom is -0.368 e. The van der Waals surface area contributed by atoms with Crippen molar-refractivity contribution in [3.8, 4) is 0 Å². The number of halogens is 5. The number of rotatable bonds is 6. The second-order valence-electron chi connectivity index (χ2n) is 5.30. The van der Waals surface area contributed by atoms with Crippen LogP contribution < -0.4 is 16.0 Å². The second-order valence-corrected chi connectivity index (χ2v) is 5.30. The Hall–Kier alpha value is -2.11. The summed E-state index contributed by atoms with van der Waals surface area (Å²) in [5, 5.41) is 8.67. The van der Waals surface area contributed by atoms with Crippen molar-refractivity contribution in [2.75, 3.05) is 25.5 Å². The van der Waals surface area contributed by atoms with Crippen molar-refractivity contribution in [3.05, 3.63) is 59.5 Å². The Morgan fingerprint density at radius 3 is 2.41 bits per heavy atom. The SMILES string of the molecule is CN=C(NCCNc1ncccc1C(F)(F)F)NCc1ccc(F)cc1.I. The lowest BCUT2D eigenvalue weighted by atomic mass is 10.2. The molecule has 0 unspecified atom stereocenters. The van der Waals surface area contributed by atoms with Gasteiger partial charge in [0.05, 0.1) is 5.56 Å². The Balaban J connectivity index is 0.00000364. The number of benzene rings is 1. The summed E-state index contributed by atoms with van der Waals surface area (Å²) in [6, 6.07) is 8.25. The topological polar surface area (TPSA) is 61.3 Å². The molecular formula is C17H20F4IN5. The number of guanidine groups is 1. The van der Waals surface area contributed by atoms with Crippen LogP contribution in [-0.2, 0) is 12.7 Å². The van der Waals surface area contributed by atoms with Gasteiger partial charge in [-0.05, 0) is 29.8 Å². The average molecular weight is 497 g/mol. The van der Waals surface area contributed by atoms with Gasteiger partial charge in [0.1, 0.15) is 11.6 Å². The molecule has 10 heteroatoms. The van der Waals surface area contributed by atoms with Gasteiger partial charge in [0.25, 0.3) is 0 Å². The maximum Gasteiger partial charge on any atom is 0.419 e. The standard InChI is InChI=1S/C17H19F4N5.HI/c1-22-16(26-11-12-4-6-13(18)7-5-12)25-10-9-24-15-14(17(19,20)21)3-2-8-23-15;/h2-8H,9-11H2,1H3,(H,23,24)(H2,22,25,26);1H. The van der Waals surface area contributed by atoms with Gasteiger partial charge >= 0.3 is 6.18 Å². The van der Waals surface area contributed by atoms with Crippen LogP contribution in [0.2, 0.25) is 0 Å². The van der Waals surface area contributed by atoms with Crippen LogP contribution in [0.1, 0.15) is 11.1 Å². The molecule has 27 heavy (non-hydrogen) atoms. The monoisotopic (exact) mass is 497 g/mol. The summed E-state index contributed by atoms with van der Waals surface area (Å²) in [5.74, 6) is -0.0423. The molecular weight excluding hydrogens is 477 g/mol. The predicted molar refractivity (Wildman–Crippen MR) is 108 cm³/mol. The van der Waals surface area contributed by atoms with Crippen molar-refractivity contribution < 1.29 is 17.6 Å². The molecule has 0 aliphatic rings. The Labute approximate surface area is 171 Å². The molecule has 0 aliphatic heterocycles. The molecule has 0 radical (unpaired) electrons. The quantitative estimate of drug-likeness (QED) is 0.188. The first kappa shape index (κ1) is 22.9. The number of hydrogen-bond donors (Lipinski definition) is 3. The zero-order valence-electron chi connectivity index (χ0n) is 14.5. The summed E-state index contributed by atoms with van der Waals surface area (Å²) < 4.78 is 51.5. The van der Waals surface area contributed by atoms with Crippen molar-refractivity contribution in [2.45, 2.75) is 12.7 Å². The van der Waals surface area contributed by atoms with Crippen LogP contribution >= 0.6 is 24.0 Å². The fraction of sp³-hybridized carbons (Fsp3) is 0.294. The molecule has 2 rings (SSSR count). The molecule has 0 saturated carbocycles. The Morgan fingerprint density at radius 2 is 1.78 bits per heavy atom. The van der Waals surface area contributed by atoms with E-state index in [1.807, 2.05) is 0 Å². The van der Waals surface area contributed by atoms with E-state index in [0.29, 0.717) is 19.0 Å². The lowest BCUT2D eigenvalue weighted by Crippen LogP contribution is -2.39. The number of nitrogens with zero attached hydrogens (tertiary/aromatic N) is 2. The summed E-state index contributed by atoms with van der Waals surface area (Å²) in [5.41, 5.74) is 0.0644. The van der Waals surface area contributed by atoms with Gasteiger partial charge in [-0.1, -0.05) is 12.1 Å². The molecule has 1 aromatic heterocycles. The minimum absolute atomic E-state index is 0. The Kier molecular flexibility index (Phi) is 9.26. The van der Waals surface area contributed by atoms with Crippen LogP contribution in [0.5, 0.6) is 0 Å². The molecule has 1 heterocycles. The van der Waals surface area contributed by atoms with E-state index in [4.69, 9.17) is 0 Å². The Bertz CT molecular complexity index is 735. The lowest BCUT2D eigenvalue weighted by Gasteiger charge is -2.15. The largest absolute Gasteiger partial charge is 0.419 e. The smallest absolute Gasteiger partial charge is 0.368 e. The van der Waals surface area contributed by atoms with Crippen LogP contribution in [0.4, 0.5) is 23.4 Å². The van der Waals surface area contributed by atoms with Crippen molar-refractivity contribution >= 4 is 35.8 Å². The highest BCUT2D eigenvalue weighted by molar-refractivity contribution is 14.0. The fourth-order valence-electron chi connectivity index (χ4n) is 2.15. The third kappa shape index (κ3) is 7.57. The van der Waals surface area contributed by atoms with Gasteiger partial charge in [-0.2, -0.15) is 13.2 Å². The van der Waals surface area contributed by atoms with E-state index >= 15 is 0 Å². The Morgan fingerprint density at radius 1 is 1.07 bits per heavy atom. The highest BCUT2D eigenvalue weighted by Crippen LogP contribution is 2.33. The third-order valence-electron chi connectivity index (χ3n) is 3.42. The summed E-state index contributed by atoms with van der Waals surface area (Å²) >= 11 is 0. The van der Waals surface area contributed by atoms with Crippen LogP contribution in [-0.4, -0.2) is 31.1 Å². The van der Waals surface area contributed by atoms with Gasteiger partial charge in [-0.25, -0.2) is 9.37 Å². The fourth-order valence-corrected chi connectivity index (χ4v) is 2.15. The molecule has 0 amide bonds. The van der Waals surface area contributed by atoms with Crippen LogP contribution in [0.25, 0.3) is 0 Å². The van der Waals surface area contributed by atoms with Gasteiger partial charge in [-0.15, -0.1) is 24.0 Å².